The summed E-state index contributed by atoms with van der Waals surface area (Å²) in [6.07, 6.45) is 1.44. The van der Waals surface area contributed by atoms with Crippen LogP contribution in [0.2, 0.25) is 0 Å². The Morgan fingerprint density at radius 2 is 1.74 bits per heavy atom. The number of carbonyl (C=O) groups is 2. The molecule has 0 saturated carbocycles. The summed E-state index contributed by atoms with van der Waals surface area (Å²) in [6, 6.07) is 15.3. The topological polar surface area (TPSA) is 94.8 Å². The number of amides is 1. The van der Waals surface area contributed by atoms with Crippen LogP contribution in [0.25, 0.3) is 5.65 Å². The molecule has 0 spiro atoms. The van der Waals surface area contributed by atoms with E-state index in [1.54, 1.807) is 53.0 Å². The summed E-state index contributed by atoms with van der Waals surface area (Å²) < 4.78 is 12.3. The molecular weight excluding hydrogens is 396 g/mol. The first kappa shape index (κ1) is 20.1. The number of nitrogens with one attached hydrogen (secondary N) is 1. The average Bonchev–Trinajstić information content (AvgIpc) is 3.19. The predicted octanol–water partition coefficient (Wildman–Crippen LogP) is 3.83. The number of aryl methyl sites for hydroxylation is 2. The minimum atomic E-state index is -0.557. The highest BCUT2D eigenvalue weighted by molar-refractivity contribution is 6.06. The molecular formula is C23H20N4O4. The van der Waals surface area contributed by atoms with Crippen molar-refractivity contribution in [3.05, 3.63) is 83.3 Å². The van der Waals surface area contributed by atoms with Gasteiger partial charge in [-0.25, -0.2) is 14.3 Å². The van der Waals surface area contributed by atoms with Gasteiger partial charge in [0.05, 0.1) is 18.9 Å². The van der Waals surface area contributed by atoms with Gasteiger partial charge >= 0.3 is 5.97 Å². The molecule has 0 aliphatic heterocycles. The maximum Gasteiger partial charge on any atom is 0.349 e. The van der Waals surface area contributed by atoms with Gasteiger partial charge in [0.25, 0.3) is 5.91 Å². The lowest BCUT2D eigenvalue weighted by atomic mass is 10.2. The van der Waals surface area contributed by atoms with E-state index in [0.29, 0.717) is 28.4 Å². The van der Waals surface area contributed by atoms with Crippen molar-refractivity contribution in [2.24, 2.45) is 0 Å². The maximum atomic E-state index is 12.6. The van der Waals surface area contributed by atoms with E-state index in [-0.39, 0.29) is 11.5 Å². The van der Waals surface area contributed by atoms with Gasteiger partial charge in [-0.15, -0.1) is 0 Å². The predicted molar refractivity (Wildman–Crippen MR) is 115 cm³/mol. The Morgan fingerprint density at radius 1 is 1.00 bits per heavy atom. The van der Waals surface area contributed by atoms with Crippen LogP contribution in [-0.2, 0) is 0 Å². The van der Waals surface area contributed by atoms with Crippen LogP contribution in [0.3, 0.4) is 0 Å². The van der Waals surface area contributed by atoms with Crippen molar-refractivity contribution in [2.45, 2.75) is 13.8 Å². The summed E-state index contributed by atoms with van der Waals surface area (Å²) >= 11 is 0. The van der Waals surface area contributed by atoms with Crippen LogP contribution in [-0.4, -0.2) is 33.6 Å². The molecule has 0 aliphatic carbocycles. The zero-order chi connectivity index (χ0) is 22.0. The number of anilines is 1. The lowest BCUT2D eigenvalue weighted by molar-refractivity contribution is 0.0736. The number of rotatable bonds is 5. The van der Waals surface area contributed by atoms with Gasteiger partial charge < -0.3 is 14.8 Å². The fourth-order valence-electron chi connectivity index (χ4n) is 3.21. The summed E-state index contributed by atoms with van der Waals surface area (Å²) in [5.74, 6) is -0.0364. The van der Waals surface area contributed by atoms with Crippen molar-refractivity contribution >= 4 is 23.2 Å². The Bertz CT molecular complexity index is 1280. The molecule has 0 atom stereocenters. The monoisotopic (exact) mass is 416 g/mol. The van der Waals surface area contributed by atoms with E-state index in [9.17, 15) is 9.59 Å². The first-order valence-electron chi connectivity index (χ1n) is 9.55. The molecule has 4 aromatic rings. The van der Waals surface area contributed by atoms with Gasteiger partial charge in [-0.05, 0) is 56.3 Å². The number of methoxy groups -OCH3 is 1. The smallest absolute Gasteiger partial charge is 0.349 e. The molecule has 2 aromatic carbocycles. The van der Waals surface area contributed by atoms with Crippen molar-refractivity contribution in [3.63, 3.8) is 0 Å². The fourth-order valence-corrected chi connectivity index (χ4v) is 3.21. The Morgan fingerprint density at radius 3 is 2.48 bits per heavy atom. The SMILES string of the molecule is COc1ccccc1C(=O)Nc1ccc(OC(=O)c2cnn3c(C)cc(C)nc23)cc1. The largest absolute Gasteiger partial charge is 0.496 e. The molecule has 0 bridgehead atoms. The molecule has 1 amide bonds. The molecule has 31 heavy (non-hydrogen) atoms. The van der Waals surface area contributed by atoms with Crippen LogP contribution in [0.5, 0.6) is 11.5 Å². The standard InChI is InChI=1S/C23H20N4O4/c1-14-12-15(2)27-21(25-14)19(13-24-27)23(29)31-17-10-8-16(9-11-17)26-22(28)18-6-4-5-7-20(18)30-3/h4-13H,1-3H3,(H,26,28). The van der Waals surface area contributed by atoms with Crippen molar-refractivity contribution < 1.29 is 19.1 Å². The molecule has 0 saturated heterocycles. The lowest BCUT2D eigenvalue weighted by Gasteiger charge is -2.10. The van der Waals surface area contributed by atoms with Crippen molar-refractivity contribution in [3.8, 4) is 11.5 Å². The van der Waals surface area contributed by atoms with Crippen LogP contribution in [0.4, 0.5) is 5.69 Å². The molecule has 4 rings (SSSR count). The zero-order valence-corrected chi connectivity index (χ0v) is 17.2. The molecule has 8 nitrogen and oxygen atoms in total. The van der Waals surface area contributed by atoms with Crippen LogP contribution < -0.4 is 14.8 Å². The maximum absolute atomic E-state index is 12.6. The summed E-state index contributed by atoms with van der Waals surface area (Å²) in [6.45, 7) is 3.75. The molecule has 8 heteroatoms. The number of esters is 1. The third kappa shape index (κ3) is 4.09. The molecule has 0 fully saturated rings. The van der Waals surface area contributed by atoms with Gasteiger partial charge in [0.15, 0.2) is 5.65 Å². The number of fused-ring (bicyclic) bond motifs is 1. The van der Waals surface area contributed by atoms with Crippen molar-refractivity contribution in [1.29, 1.82) is 0 Å². The number of nitrogens with zero attached hydrogens (tertiary/aromatic N) is 3. The molecule has 1 N–H and O–H groups in total. The van der Waals surface area contributed by atoms with Crippen LogP contribution >= 0.6 is 0 Å². The van der Waals surface area contributed by atoms with Crippen molar-refractivity contribution in [2.75, 3.05) is 12.4 Å². The summed E-state index contributed by atoms with van der Waals surface area (Å²) in [7, 11) is 1.51. The average molecular weight is 416 g/mol. The van der Waals surface area contributed by atoms with Crippen LogP contribution in [0.15, 0.2) is 60.8 Å². The highest BCUT2D eigenvalue weighted by Gasteiger charge is 2.18. The second-order valence-corrected chi connectivity index (χ2v) is 6.90. The van der Waals surface area contributed by atoms with Crippen molar-refractivity contribution in [1.82, 2.24) is 14.6 Å². The molecule has 2 heterocycles. The normalized spacial score (nSPS) is 10.7. The number of carbonyl (C=O) groups excluding carboxylic acids is 2. The lowest BCUT2D eigenvalue weighted by Crippen LogP contribution is -2.13. The molecule has 0 unspecified atom stereocenters. The van der Waals surface area contributed by atoms with Crippen LogP contribution in [0, 0.1) is 13.8 Å². The Labute approximate surface area is 178 Å². The number of aromatic nitrogens is 3. The highest BCUT2D eigenvalue weighted by Crippen LogP contribution is 2.22. The summed E-state index contributed by atoms with van der Waals surface area (Å²) in [5, 5.41) is 7.00. The number of para-hydroxylation sites is 1. The summed E-state index contributed by atoms with van der Waals surface area (Å²) in [4.78, 5) is 29.5. The van der Waals surface area contributed by atoms with E-state index in [2.05, 4.69) is 15.4 Å². The van der Waals surface area contributed by atoms with Gasteiger partial charge in [-0.3, -0.25) is 4.79 Å². The second kappa shape index (κ2) is 8.27. The third-order valence-electron chi connectivity index (χ3n) is 4.67. The molecule has 156 valence electrons. The number of hydrogen-bond acceptors (Lipinski definition) is 6. The third-order valence-corrected chi connectivity index (χ3v) is 4.67. The van der Waals surface area contributed by atoms with Gasteiger partial charge in [0.1, 0.15) is 17.1 Å². The van der Waals surface area contributed by atoms with Crippen LogP contribution in [0.1, 0.15) is 32.1 Å². The van der Waals surface area contributed by atoms with E-state index in [1.165, 1.54) is 13.3 Å². The quantitative estimate of drug-likeness (QED) is 0.393. The Hall–Kier alpha value is -4.20. The first-order chi connectivity index (χ1) is 15.0. The van der Waals surface area contributed by atoms with Gasteiger partial charge in [0.2, 0.25) is 0 Å². The minimum Gasteiger partial charge on any atom is -0.496 e. The van der Waals surface area contributed by atoms with E-state index in [0.717, 1.165) is 11.4 Å². The van der Waals surface area contributed by atoms with Gasteiger partial charge in [-0.2, -0.15) is 5.10 Å². The first-order valence-corrected chi connectivity index (χ1v) is 9.55. The fraction of sp³-hybridized carbons (Fsp3) is 0.130. The molecule has 0 aliphatic rings. The van der Waals surface area contributed by atoms with Gasteiger partial charge in [-0.1, -0.05) is 12.1 Å². The number of hydrogen-bond donors (Lipinski definition) is 1. The minimum absolute atomic E-state index is 0.278. The zero-order valence-electron chi connectivity index (χ0n) is 17.2. The highest BCUT2D eigenvalue weighted by atomic mass is 16.5. The number of benzene rings is 2. The second-order valence-electron chi connectivity index (χ2n) is 6.90. The van der Waals surface area contributed by atoms with E-state index in [1.807, 2.05) is 19.9 Å². The van der Waals surface area contributed by atoms with E-state index >= 15 is 0 Å². The Balaban J connectivity index is 1.48. The van der Waals surface area contributed by atoms with Gasteiger partial charge in [0, 0.05) is 17.1 Å². The molecule has 2 aromatic heterocycles. The number of ether oxygens (including phenoxy) is 2. The van der Waals surface area contributed by atoms with E-state index < -0.39 is 5.97 Å². The Kier molecular flexibility index (Phi) is 5.36. The van der Waals surface area contributed by atoms with E-state index in [4.69, 9.17) is 9.47 Å². The summed E-state index contributed by atoms with van der Waals surface area (Å²) in [5.41, 5.74) is 3.36. The molecule has 0 radical (unpaired) electrons.